The number of hydrogen-bond acceptors (Lipinski definition) is 7. The molecule has 1 aliphatic heterocycles. The number of hydrogen-bond donors (Lipinski definition) is 2. The number of ether oxygens (including phenoxy) is 1. The van der Waals surface area contributed by atoms with E-state index in [0.29, 0.717) is 24.5 Å². The van der Waals surface area contributed by atoms with Gasteiger partial charge in [-0.05, 0) is 68.6 Å². The Balaban J connectivity index is 1.53. The van der Waals surface area contributed by atoms with Gasteiger partial charge < -0.3 is 15.2 Å². The van der Waals surface area contributed by atoms with Crippen molar-refractivity contribution in [1.29, 1.82) is 0 Å². The van der Waals surface area contributed by atoms with Gasteiger partial charge in [0.15, 0.2) is 5.82 Å². The fourth-order valence-electron chi connectivity index (χ4n) is 3.20. The minimum absolute atomic E-state index is 0.165. The molecule has 1 aliphatic rings. The molecule has 2 N–H and O–H groups in total. The fourth-order valence-corrected chi connectivity index (χ4v) is 3.20. The van der Waals surface area contributed by atoms with Gasteiger partial charge in [-0.15, -0.1) is 0 Å². The van der Waals surface area contributed by atoms with Gasteiger partial charge in [0.05, 0.1) is 6.54 Å². The molecule has 8 heteroatoms. The van der Waals surface area contributed by atoms with Gasteiger partial charge in [0.2, 0.25) is 5.91 Å². The summed E-state index contributed by atoms with van der Waals surface area (Å²) < 4.78 is 10.4. The van der Waals surface area contributed by atoms with Crippen LogP contribution in [-0.2, 0) is 4.79 Å². The Morgan fingerprint density at radius 2 is 2.15 bits per heavy atom. The number of carbonyl (C=O) groups is 1. The molecule has 0 saturated carbocycles. The summed E-state index contributed by atoms with van der Waals surface area (Å²) in [4.78, 5) is 14.1. The second kappa shape index (κ2) is 8.06. The summed E-state index contributed by atoms with van der Waals surface area (Å²) in [5.74, 6) is 0.855. The van der Waals surface area contributed by atoms with E-state index in [4.69, 9.17) is 4.74 Å². The second-order valence-electron chi connectivity index (χ2n) is 7.32. The van der Waals surface area contributed by atoms with Gasteiger partial charge in [-0.25, -0.2) is 4.63 Å². The lowest BCUT2D eigenvalue weighted by atomic mass is 9.93. The summed E-state index contributed by atoms with van der Waals surface area (Å²) in [6.07, 6.45) is 1.44. The molecule has 0 radical (unpaired) electrons. The van der Waals surface area contributed by atoms with Gasteiger partial charge in [-0.1, -0.05) is 11.2 Å². The maximum atomic E-state index is 12.2. The fraction of sp³-hybridized carbons (Fsp3) is 0.526. The predicted molar refractivity (Wildman–Crippen MR) is 99.7 cm³/mol. The largest absolute Gasteiger partial charge is 0.491 e. The van der Waals surface area contributed by atoms with Crippen molar-refractivity contribution >= 4 is 11.7 Å². The number of aryl methyl sites for hydroxylation is 3. The highest BCUT2D eigenvalue weighted by molar-refractivity contribution is 5.91. The van der Waals surface area contributed by atoms with Gasteiger partial charge in [0, 0.05) is 6.54 Å². The number of aliphatic hydroxyl groups is 1. The lowest BCUT2D eigenvalue weighted by Crippen LogP contribution is -2.53. The van der Waals surface area contributed by atoms with E-state index in [1.807, 2.05) is 36.9 Å². The van der Waals surface area contributed by atoms with Crippen LogP contribution >= 0.6 is 0 Å². The smallest absolute Gasteiger partial charge is 0.239 e. The Hall–Kier alpha value is -2.45. The molecule has 0 bridgehead atoms. The summed E-state index contributed by atoms with van der Waals surface area (Å²) in [6.45, 7) is 7.27. The number of amides is 1. The number of piperidine rings is 1. The van der Waals surface area contributed by atoms with E-state index in [2.05, 4.69) is 20.3 Å². The molecule has 1 saturated heterocycles. The van der Waals surface area contributed by atoms with Gasteiger partial charge >= 0.3 is 0 Å². The Morgan fingerprint density at radius 3 is 2.85 bits per heavy atom. The highest BCUT2D eigenvalue weighted by Crippen LogP contribution is 2.24. The zero-order valence-corrected chi connectivity index (χ0v) is 16.0. The van der Waals surface area contributed by atoms with Crippen molar-refractivity contribution in [2.45, 2.75) is 39.2 Å². The quantitative estimate of drug-likeness (QED) is 0.795. The van der Waals surface area contributed by atoms with Crippen molar-refractivity contribution in [3.8, 4) is 5.75 Å². The zero-order valence-electron chi connectivity index (χ0n) is 16.0. The standard InChI is InChI=1S/C19H26N4O4/c1-13-5-6-16(9-14(13)2)26-12-19(25)7-4-8-23(11-19)10-17(24)20-18-15(3)21-27-22-18/h5-6,9,25H,4,7-8,10-12H2,1-3H3,(H,20,22,24). The van der Waals surface area contributed by atoms with Crippen LogP contribution in [0.1, 0.15) is 29.7 Å². The molecule has 2 heterocycles. The maximum absolute atomic E-state index is 12.2. The molecule has 1 amide bonds. The van der Waals surface area contributed by atoms with Crippen LogP contribution in [-0.4, -0.2) is 58.1 Å². The molecular weight excluding hydrogens is 348 g/mol. The molecule has 1 atom stereocenters. The molecule has 1 aromatic heterocycles. The molecule has 27 heavy (non-hydrogen) atoms. The first-order valence-corrected chi connectivity index (χ1v) is 9.08. The Bertz CT molecular complexity index is 807. The summed E-state index contributed by atoms with van der Waals surface area (Å²) in [6, 6.07) is 5.89. The molecule has 1 fully saturated rings. The van der Waals surface area contributed by atoms with Crippen molar-refractivity contribution < 1.29 is 19.3 Å². The molecule has 0 aliphatic carbocycles. The number of nitrogens with zero attached hydrogens (tertiary/aromatic N) is 3. The van der Waals surface area contributed by atoms with E-state index in [1.54, 1.807) is 6.92 Å². The molecule has 2 aromatic rings. The summed E-state index contributed by atoms with van der Waals surface area (Å²) in [5.41, 5.74) is 1.90. The van der Waals surface area contributed by atoms with Crippen LogP contribution in [0.2, 0.25) is 0 Å². The Morgan fingerprint density at radius 1 is 1.33 bits per heavy atom. The lowest BCUT2D eigenvalue weighted by molar-refractivity contribution is -0.120. The van der Waals surface area contributed by atoms with Crippen LogP contribution in [0, 0.1) is 20.8 Å². The molecule has 146 valence electrons. The summed E-state index contributed by atoms with van der Waals surface area (Å²) >= 11 is 0. The topological polar surface area (TPSA) is 101 Å². The van der Waals surface area contributed by atoms with E-state index in [0.717, 1.165) is 24.3 Å². The van der Waals surface area contributed by atoms with Crippen LogP contribution in [0.15, 0.2) is 22.8 Å². The third-order valence-corrected chi connectivity index (χ3v) is 4.90. The van der Waals surface area contributed by atoms with Crippen LogP contribution in [0.5, 0.6) is 5.75 Å². The molecule has 1 aromatic carbocycles. The van der Waals surface area contributed by atoms with Gasteiger partial charge in [0.25, 0.3) is 0 Å². The maximum Gasteiger partial charge on any atom is 0.239 e. The number of β-amino-alcohol motifs (C(OH)–C–C–N with tert-alkyl or cyclic N) is 1. The SMILES string of the molecule is Cc1ccc(OCC2(O)CCCN(CC(=O)Nc3nonc3C)C2)cc1C. The number of aromatic nitrogens is 2. The molecule has 8 nitrogen and oxygen atoms in total. The third-order valence-electron chi connectivity index (χ3n) is 4.90. The van der Waals surface area contributed by atoms with Crippen LogP contribution in [0.3, 0.4) is 0 Å². The van der Waals surface area contributed by atoms with Crippen molar-refractivity contribution in [2.75, 3.05) is 31.6 Å². The number of likely N-dealkylation sites (tertiary alicyclic amines) is 1. The number of carbonyl (C=O) groups excluding carboxylic acids is 1. The summed E-state index contributed by atoms with van der Waals surface area (Å²) in [5, 5.41) is 20.9. The summed E-state index contributed by atoms with van der Waals surface area (Å²) in [7, 11) is 0. The number of nitrogens with one attached hydrogen (secondary N) is 1. The van der Waals surface area contributed by atoms with E-state index < -0.39 is 5.60 Å². The first kappa shape index (κ1) is 19.3. The highest BCUT2D eigenvalue weighted by atomic mass is 16.6. The van der Waals surface area contributed by atoms with Gasteiger partial charge in [0.1, 0.15) is 23.7 Å². The van der Waals surface area contributed by atoms with E-state index in [-0.39, 0.29) is 19.1 Å². The van der Waals surface area contributed by atoms with Crippen molar-refractivity contribution in [3.05, 3.63) is 35.0 Å². The monoisotopic (exact) mass is 374 g/mol. The molecule has 3 rings (SSSR count). The van der Waals surface area contributed by atoms with Crippen molar-refractivity contribution in [1.82, 2.24) is 15.2 Å². The number of anilines is 1. The molecular formula is C19H26N4O4. The Kier molecular flexibility index (Phi) is 5.76. The van der Waals surface area contributed by atoms with E-state index in [1.165, 1.54) is 5.56 Å². The second-order valence-corrected chi connectivity index (χ2v) is 7.32. The zero-order chi connectivity index (χ0) is 19.4. The first-order chi connectivity index (χ1) is 12.8. The highest BCUT2D eigenvalue weighted by Gasteiger charge is 2.35. The van der Waals surface area contributed by atoms with Crippen molar-refractivity contribution in [2.24, 2.45) is 0 Å². The Labute approximate surface area is 158 Å². The van der Waals surface area contributed by atoms with Gasteiger partial charge in [-0.3, -0.25) is 9.69 Å². The van der Waals surface area contributed by atoms with Crippen LogP contribution < -0.4 is 10.1 Å². The molecule has 0 spiro atoms. The minimum atomic E-state index is -0.983. The average Bonchev–Trinajstić information content (AvgIpc) is 3.01. The van der Waals surface area contributed by atoms with E-state index >= 15 is 0 Å². The number of benzene rings is 1. The van der Waals surface area contributed by atoms with Gasteiger partial charge in [-0.2, -0.15) is 0 Å². The van der Waals surface area contributed by atoms with Crippen molar-refractivity contribution in [3.63, 3.8) is 0 Å². The average molecular weight is 374 g/mol. The molecule has 1 unspecified atom stereocenters. The minimum Gasteiger partial charge on any atom is -0.491 e. The first-order valence-electron chi connectivity index (χ1n) is 9.08. The normalized spacial score (nSPS) is 20.4. The lowest BCUT2D eigenvalue weighted by Gasteiger charge is -2.38. The third kappa shape index (κ3) is 5.05. The van der Waals surface area contributed by atoms with E-state index in [9.17, 15) is 9.90 Å². The van der Waals surface area contributed by atoms with Crippen LogP contribution in [0.25, 0.3) is 0 Å². The van der Waals surface area contributed by atoms with Crippen LogP contribution in [0.4, 0.5) is 5.82 Å². The predicted octanol–water partition coefficient (Wildman–Crippen LogP) is 1.84. The number of rotatable bonds is 6.